The number of carbonyl (C=O) groups excluding carboxylic acids is 2. The molecule has 174 valence electrons. The molecule has 8 nitrogen and oxygen atoms in total. The number of hydrogen-bond donors (Lipinski definition) is 1. The molecule has 0 aromatic heterocycles. The van der Waals surface area contributed by atoms with E-state index in [4.69, 9.17) is 21.1 Å². The summed E-state index contributed by atoms with van der Waals surface area (Å²) in [4.78, 5) is 24.3. The second-order valence-electron chi connectivity index (χ2n) is 6.62. The first-order valence-corrected chi connectivity index (χ1v) is 11.5. The molecule has 0 saturated carbocycles. The van der Waals surface area contributed by atoms with Crippen LogP contribution >= 0.6 is 11.6 Å². The van der Waals surface area contributed by atoms with Gasteiger partial charge in [-0.25, -0.2) is 17.6 Å². The number of halogens is 2. The molecular formula is C21H24ClFN2O6S. The number of hydrogen-bond acceptors (Lipinski definition) is 6. The lowest BCUT2D eigenvalue weighted by atomic mass is 10.2. The van der Waals surface area contributed by atoms with E-state index < -0.39 is 38.7 Å². The minimum atomic E-state index is -4.14. The number of nitrogens with one attached hydrogen (secondary N) is 1. The second kappa shape index (κ2) is 10.8. The Morgan fingerprint density at radius 2 is 1.81 bits per heavy atom. The van der Waals surface area contributed by atoms with Crippen LogP contribution in [0.15, 0.2) is 41.3 Å². The van der Waals surface area contributed by atoms with Crippen LogP contribution in [0.4, 0.5) is 10.1 Å². The average molecular weight is 487 g/mol. The standard InChI is InChI=1S/C21H24ClFN2O6S/c1-5-25(6-2)32(28,29)19-11-14(7-9-16(19)23)21(27)31-13(3)20(26)24-17-12-15(22)8-10-18(17)30-4/h7-13H,5-6H2,1-4H3,(H,24,26). The summed E-state index contributed by atoms with van der Waals surface area (Å²) in [6.07, 6.45) is -1.25. The third-order valence-corrected chi connectivity index (χ3v) is 6.86. The predicted molar refractivity (Wildman–Crippen MR) is 118 cm³/mol. The lowest BCUT2D eigenvalue weighted by Crippen LogP contribution is -2.32. The van der Waals surface area contributed by atoms with Crippen molar-refractivity contribution in [3.8, 4) is 5.75 Å². The van der Waals surface area contributed by atoms with Gasteiger partial charge in [0.05, 0.1) is 18.4 Å². The van der Waals surface area contributed by atoms with Crippen molar-refractivity contribution >= 4 is 39.2 Å². The third kappa shape index (κ3) is 5.76. The summed E-state index contributed by atoms with van der Waals surface area (Å²) in [5, 5.41) is 2.91. The van der Waals surface area contributed by atoms with Crippen LogP contribution in [0.3, 0.4) is 0 Å². The third-order valence-electron chi connectivity index (χ3n) is 4.56. The maximum atomic E-state index is 14.3. The lowest BCUT2D eigenvalue weighted by molar-refractivity contribution is -0.123. The number of methoxy groups -OCH3 is 1. The molecule has 0 saturated heterocycles. The van der Waals surface area contributed by atoms with Crippen LogP contribution < -0.4 is 10.1 Å². The van der Waals surface area contributed by atoms with Crippen molar-refractivity contribution in [1.82, 2.24) is 4.31 Å². The Kier molecular flexibility index (Phi) is 8.59. The minimum Gasteiger partial charge on any atom is -0.495 e. The first kappa shape index (κ1) is 25.6. The normalized spacial score (nSPS) is 12.3. The van der Waals surface area contributed by atoms with E-state index >= 15 is 0 Å². The van der Waals surface area contributed by atoms with Crippen LogP contribution in [-0.2, 0) is 19.6 Å². The average Bonchev–Trinajstić information content (AvgIpc) is 2.74. The van der Waals surface area contributed by atoms with Crippen LogP contribution in [0.1, 0.15) is 31.1 Å². The van der Waals surface area contributed by atoms with E-state index in [9.17, 15) is 22.4 Å². The Bertz CT molecular complexity index is 1110. The molecule has 32 heavy (non-hydrogen) atoms. The van der Waals surface area contributed by atoms with E-state index in [0.29, 0.717) is 10.8 Å². The van der Waals surface area contributed by atoms with Gasteiger partial charge < -0.3 is 14.8 Å². The zero-order chi connectivity index (χ0) is 24.1. The van der Waals surface area contributed by atoms with Gasteiger partial charge in [-0.1, -0.05) is 25.4 Å². The number of esters is 1. The predicted octanol–water partition coefficient (Wildman–Crippen LogP) is 3.70. The van der Waals surface area contributed by atoms with Crippen molar-refractivity contribution in [3.63, 3.8) is 0 Å². The molecule has 1 atom stereocenters. The molecular weight excluding hydrogens is 463 g/mol. The van der Waals surface area contributed by atoms with Gasteiger partial charge in [0.15, 0.2) is 6.10 Å². The zero-order valence-electron chi connectivity index (χ0n) is 18.0. The van der Waals surface area contributed by atoms with Crippen molar-refractivity contribution in [3.05, 3.63) is 52.8 Å². The SMILES string of the molecule is CCN(CC)S(=O)(=O)c1cc(C(=O)OC(C)C(=O)Nc2cc(Cl)ccc2OC)ccc1F. The Labute approximate surface area is 191 Å². The number of sulfonamides is 1. The Balaban J connectivity index is 2.20. The Hall–Kier alpha value is -2.69. The van der Waals surface area contributed by atoms with Crippen molar-refractivity contribution in [2.45, 2.75) is 31.8 Å². The molecule has 0 fully saturated rings. The monoisotopic (exact) mass is 486 g/mol. The molecule has 1 N–H and O–H groups in total. The molecule has 0 aliphatic carbocycles. The van der Waals surface area contributed by atoms with E-state index in [1.165, 1.54) is 20.1 Å². The van der Waals surface area contributed by atoms with Gasteiger partial charge in [-0.3, -0.25) is 4.79 Å². The molecule has 0 bridgehead atoms. The van der Waals surface area contributed by atoms with Gasteiger partial charge in [-0.2, -0.15) is 4.31 Å². The smallest absolute Gasteiger partial charge is 0.338 e. The van der Waals surface area contributed by atoms with Crippen molar-refractivity contribution < 1.29 is 31.9 Å². The van der Waals surface area contributed by atoms with Crippen LogP contribution in [0.25, 0.3) is 0 Å². The van der Waals surface area contributed by atoms with E-state index in [1.54, 1.807) is 26.0 Å². The highest BCUT2D eigenvalue weighted by Gasteiger charge is 2.27. The number of carbonyl (C=O) groups is 2. The van der Waals surface area contributed by atoms with Gasteiger partial charge in [0, 0.05) is 18.1 Å². The number of anilines is 1. The van der Waals surface area contributed by atoms with Crippen molar-refractivity contribution in [1.29, 1.82) is 0 Å². The summed E-state index contributed by atoms with van der Waals surface area (Å²) in [6.45, 7) is 4.84. The number of nitrogens with zero attached hydrogens (tertiary/aromatic N) is 1. The molecule has 11 heteroatoms. The molecule has 0 radical (unpaired) electrons. The van der Waals surface area contributed by atoms with Gasteiger partial charge in [-0.15, -0.1) is 0 Å². The highest BCUT2D eigenvalue weighted by molar-refractivity contribution is 7.89. The molecule has 0 aliphatic rings. The van der Waals surface area contributed by atoms with Crippen molar-refractivity contribution in [2.75, 3.05) is 25.5 Å². The Morgan fingerprint density at radius 3 is 2.41 bits per heavy atom. The molecule has 0 heterocycles. The first-order valence-electron chi connectivity index (χ1n) is 9.70. The minimum absolute atomic E-state index is 0.136. The molecule has 2 rings (SSSR count). The van der Waals surface area contributed by atoms with Crippen LogP contribution in [-0.4, -0.2) is 50.9 Å². The Morgan fingerprint density at radius 1 is 1.16 bits per heavy atom. The summed E-state index contributed by atoms with van der Waals surface area (Å²) >= 11 is 5.93. The molecule has 0 spiro atoms. The highest BCUT2D eigenvalue weighted by Crippen LogP contribution is 2.28. The zero-order valence-corrected chi connectivity index (χ0v) is 19.6. The number of ether oxygens (including phenoxy) is 2. The summed E-state index contributed by atoms with van der Waals surface area (Å²) < 4.78 is 50.9. The summed E-state index contributed by atoms with van der Waals surface area (Å²) in [6, 6.07) is 7.47. The van der Waals surface area contributed by atoms with Gasteiger partial charge in [0.2, 0.25) is 10.0 Å². The van der Waals surface area contributed by atoms with E-state index in [2.05, 4.69) is 5.32 Å². The van der Waals surface area contributed by atoms with Crippen LogP contribution in [0.2, 0.25) is 5.02 Å². The van der Waals surface area contributed by atoms with Crippen LogP contribution in [0.5, 0.6) is 5.75 Å². The molecule has 1 amide bonds. The topological polar surface area (TPSA) is 102 Å². The molecule has 2 aromatic rings. The van der Waals surface area contributed by atoms with Gasteiger partial charge in [0.1, 0.15) is 16.5 Å². The van der Waals surface area contributed by atoms with Gasteiger partial charge in [-0.05, 0) is 43.3 Å². The number of amides is 1. The fourth-order valence-corrected chi connectivity index (χ4v) is 4.55. The fourth-order valence-electron chi connectivity index (χ4n) is 2.82. The largest absolute Gasteiger partial charge is 0.495 e. The quantitative estimate of drug-likeness (QED) is 0.542. The highest BCUT2D eigenvalue weighted by atomic mass is 35.5. The first-order chi connectivity index (χ1) is 15.0. The molecule has 2 aromatic carbocycles. The summed E-state index contributed by atoms with van der Waals surface area (Å²) in [5.74, 6) is -2.29. The maximum absolute atomic E-state index is 14.3. The lowest BCUT2D eigenvalue weighted by Gasteiger charge is -2.19. The fraction of sp³-hybridized carbons (Fsp3) is 0.333. The molecule has 1 unspecified atom stereocenters. The number of rotatable bonds is 9. The molecule has 0 aliphatic heterocycles. The van der Waals surface area contributed by atoms with E-state index in [1.807, 2.05) is 0 Å². The van der Waals surface area contributed by atoms with Gasteiger partial charge in [0.25, 0.3) is 5.91 Å². The maximum Gasteiger partial charge on any atom is 0.338 e. The van der Waals surface area contributed by atoms with Gasteiger partial charge >= 0.3 is 5.97 Å². The summed E-state index contributed by atoms with van der Waals surface area (Å²) in [5.41, 5.74) is 0.0689. The van der Waals surface area contributed by atoms with E-state index in [-0.39, 0.29) is 24.3 Å². The summed E-state index contributed by atoms with van der Waals surface area (Å²) in [7, 11) is -2.72. The van der Waals surface area contributed by atoms with Crippen LogP contribution in [0, 0.1) is 5.82 Å². The van der Waals surface area contributed by atoms with E-state index in [0.717, 1.165) is 22.5 Å². The number of benzene rings is 2. The van der Waals surface area contributed by atoms with Crippen molar-refractivity contribution in [2.24, 2.45) is 0 Å². The second-order valence-corrected chi connectivity index (χ2v) is 8.96.